The highest BCUT2D eigenvalue weighted by atomic mass is 16.5. The lowest BCUT2D eigenvalue weighted by Gasteiger charge is -2.07. The van der Waals surface area contributed by atoms with Crippen molar-refractivity contribution in [2.75, 3.05) is 11.9 Å². The number of nitrogens with one attached hydrogen (secondary N) is 1. The maximum absolute atomic E-state index is 11.6. The van der Waals surface area contributed by atoms with E-state index in [-0.39, 0.29) is 5.91 Å². The Bertz CT molecular complexity index is 497. The summed E-state index contributed by atoms with van der Waals surface area (Å²) in [5.41, 5.74) is 1.64. The minimum absolute atomic E-state index is 0.151. The number of nitrogens with zero attached hydrogens (tertiary/aromatic N) is 1. The van der Waals surface area contributed by atoms with E-state index in [1.165, 1.54) is 0 Å². The zero-order valence-electron chi connectivity index (χ0n) is 11.3. The first-order chi connectivity index (χ1) is 9.11. The number of nitriles is 1. The van der Waals surface area contributed by atoms with Crippen LogP contribution in [0.3, 0.4) is 0 Å². The van der Waals surface area contributed by atoms with Crippen LogP contribution in [0.1, 0.15) is 26.7 Å². The number of carbonyl (C=O) groups excluding carboxylic acids is 1. The molecule has 0 atom stereocenters. The molecular formula is C15H18N2O2. The zero-order valence-corrected chi connectivity index (χ0v) is 11.3. The molecule has 1 aromatic rings. The molecule has 0 spiro atoms. The molecule has 0 aliphatic rings. The lowest BCUT2D eigenvalue weighted by Crippen LogP contribution is -2.08. The van der Waals surface area contributed by atoms with Gasteiger partial charge in [-0.15, -0.1) is 0 Å². The van der Waals surface area contributed by atoms with Crippen LogP contribution in [0.25, 0.3) is 0 Å². The molecule has 0 saturated carbocycles. The number of hydrogen-bond donors (Lipinski definition) is 1. The fourth-order valence-electron chi connectivity index (χ4n) is 1.45. The summed E-state index contributed by atoms with van der Waals surface area (Å²) in [6.45, 7) is 4.24. The van der Waals surface area contributed by atoms with Gasteiger partial charge in [-0.1, -0.05) is 11.6 Å². The van der Waals surface area contributed by atoms with Crippen LogP contribution in [0.4, 0.5) is 5.69 Å². The normalized spacial score (nSPS) is 9.32. The summed E-state index contributed by atoms with van der Waals surface area (Å²) in [6, 6.07) is 9.28. The van der Waals surface area contributed by atoms with Crippen molar-refractivity contribution in [2.45, 2.75) is 26.7 Å². The van der Waals surface area contributed by atoms with Gasteiger partial charge in [-0.25, -0.2) is 0 Å². The molecule has 0 unspecified atom stereocenters. The monoisotopic (exact) mass is 258 g/mol. The number of carbonyl (C=O) groups is 1. The van der Waals surface area contributed by atoms with Crippen LogP contribution >= 0.6 is 0 Å². The van der Waals surface area contributed by atoms with Gasteiger partial charge in [0.1, 0.15) is 5.75 Å². The summed E-state index contributed by atoms with van der Waals surface area (Å²) in [4.78, 5) is 11.6. The molecule has 4 nitrogen and oxygen atoms in total. The second-order valence-corrected chi connectivity index (χ2v) is 4.35. The topological polar surface area (TPSA) is 62.1 Å². The maximum atomic E-state index is 11.6. The molecule has 100 valence electrons. The number of benzene rings is 1. The Kier molecular flexibility index (Phi) is 6.17. The van der Waals surface area contributed by atoms with Gasteiger partial charge >= 0.3 is 0 Å². The number of ether oxygens (including phenoxy) is 1. The predicted molar refractivity (Wildman–Crippen MR) is 74.8 cm³/mol. The van der Waals surface area contributed by atoms with Crippen LogP contribution in [0.5, 0.6) is 5.75 Å². The number of allylic oxidation sites excluding steroid dienone is 1. The standard InChI is InChI=1S/C15H18N2O2/c1-12(2)10-15(18)17-13-6-5-7-14(11-13)19-9-4-3-8-16/h5-7,10-11H,3-4,9H2,1-2H3,(H,17,18). The van der Waals surface area contributed by atoms with Crippen molar-refractivity contribution >= 4 is 11.6 Å². The SMILES string of the molecule is CC(C)=CC(=O)Nc1cccc(OCCCC#N)c1. The Morgan fingerprint density at radius 3 is 2.95 bits per heavy atom. The van der Waals surface area contributed by atoms with E-state index in [0.29, 0.717) is 30.9 Å². The summed E-state index contributed by atoms with van der Waals surface area (Å²) >= 11 is 0. The van der Waals surface area contributed by atoms with Crippen LogP contribution < -0.4 is 10.1 Å². The van der Waals surface area contributed by atoms with E-state index in [4.69, 9.17) is 10.00 Å². The highest BCUT2D eigenvalue weighted by molar-refractivity contribution is 5.99. The van der Waals surface area contributed by atoms with Gasteiger partial charge in [0, 0.05) is 24.3 Å². The molecule has 4 heteroatoms. The average molecular weight is 258 g/mol. The van der Waals surface area contributed by atoms with E-state index in [1.54, 1.807) is 18.2 Å². The molecule has 1 rings (SSSR count). The molecule has 0 heterocycles. The fourth-order valence-corrected chi connectivity index (χ4v) is 1.45. The molecule has 19 heavy (non-hydrogen) atoms. The molecule has 0 bridgehead atoms. The van der Waals surface area contributed by atoms with Crippen molar-refractivity contribution < 1.29 is 9.53 Å². The van der Waals surface area contributed by atoms with Gasteiger partial charge < -0.3 is 10.1 Å². The Balaban J connectivity index is 2.55. The van der Waals surface area contributed by atoms with Gasteiger partial charge in [0.05, 0.1) is 12.7 Å². The summed E-state index contributed by atoms with van der Waals surface area (Å²) < 4.78 is 5.49. The Labute approximate surface area is 113 Å². The first-order valence-corrected chi connectivity index (χ1v) is 6.17. The van der Waals surface area contributed by atoms with Crippen LogP contribution in [0.2, 0.25) is 0 Å². The van der Waals surface area contributed by atoms with Crippen LogP contribution in [-0.4, -0.2) is 12.5 Å². The third-order valence-electron chi connectivity index (χ3n) is 2.22. The largest absolute Gasteiger partial charge is 0.493 e. The van der Waals surface area contributed by atoms with Gasteiger partial charge in [-0.2, -0.15) is 5.26 Å². The number of anilines is 1. The van der Waals surface area contributed by atoms with Crippen molar-refractivity contribution in [3.8, 4) is 11.8 Å². The Morgan fingerprint density at radius 2 is 2.26 bits per heavy atom. The predicted octanol–water partition coefficient (Wildman–Crippen LogP) is 3.27. The van der Waals surface area contributed by atoms with Crippen molar-refractivity contribution in [1.82, 2.24) is 0 Å². The van der Waals surface area contributed by atoms with Crippen molar-refractivity contribution in [3.63, 3.8) is 0 Å². The van der Waals surface area contributed by atoms with Gasteiger partial charge in [-0.3, -0.25) is 4.79 Å². The van der Waals surface area contributed by atoms with Gasteiger partial charge in [0.2, 0.25) is 5.91 Å². The van der Waals surface area contributed by atoms with Crippen LogP contribution in [-0.2, 0) is 4.79 Å². The molecule has 1 amide bonds. The fraction of sp³-hybridized carbons (Fsp3) is 0.333. The summed E-state index contributed by atoms with van der Waals surface area (Å²) in [5, 5.41) is 11.2. The van der Waals surface area contributed by atoms with E-state index in [9.17, 15) is 4.79 Å². The summed E-state index contributed by atoms with van der Waals surface area (Å²) in [7, 11) is 0. The van der Waals surface area contributed by atoms with E-state index in [2.05, 4.69) is 11.4 Å². The minimum atomic E-state index is -0.151. The van der Waals surface area contributed by atoms with E-state index < -0.39 is 0 Å². The first-order valence-electron chi connectivity index (χ1n) is 6.17. The van der Waals surface area contributed by atoms with E-state index >= 15 is 0 Å². The number of rotatable bonds is 6. The van der Waals surface area contributed by atoms with Crippen molar-refractivity contribution in [2.24, 2.45) is 0 Å². The first kappa shape index (κ1) is 14.8. The molecule has 0 aliphatic carbocycles. The molecule has 0 saturated heterocycles. The highest BCUT2D eigenvalue weighted by Gasteiger charge is 2.00. The smallest absolute Gasteiger partial charge is 0.248 e. The molecule has 0 aliphatic heterocycles. The quantitative estimate of drug-likeness (QED) is 0.629. The Morgan fingerprint density at radius 1 is 1.47 bits per heavy atom. The van der Waals surface area contributed by atoms with E-state index in [0.717, 1.165) is 5.57 Å². The molecule has 1 aromatic carbocycles. The number of hydrogen-bond acceptors (Lipinski definition) is 3. The lowest BCUT2D eigenvalue weighted by atomic mass is 10.2. The molecule has 0 fully saturated rings. The molecular weight excluding hydrogens is 240 g/mol. The molecule has 0 aromatic heterocycles. The summed E-state index contributed by atoms with van der Waals surface area (Å²) in [5.74, 6) is 0.537. The van der Waals surface area contributed by atoms with Gasteiger partial charge in [-0.05, 0) is 32.4 Å². The second-order valence-electron chi connectivity index (χ2n) is 4.35. The number of amides is 1. The van der Waals surface area contributed by atoms with Crippen molar-refractivity contribution in [3.05, 3.63) is 35.9 Å². The second kappa shape index (κ2) is 7.93. The Hall–Kier alpha value is -2.28. The molecule has 1 N–H and O–H groups in total. The lowest BCUT2D eigenvalue weighted by molar-refractivity contribution is -0.111. The van der Waals surface area contributed by atoms with E-state index in [1.807, 2.05) is 26.0 Å². The summed E-state index contributed by atoms with van der Waals surface area (Å²) in [6.07, 6.45) is 2.72. The highest BCUT2D eigenvalue weighted by Crippen LogP contribution is 2.17. The van der Waals surface area contributed by atoms with Crippen molar-refractivity contribution in [1.29, 1.82) is 5.26 Å². The van der Waals surface area contributed by atoms with Gasteiger partial charge in [0.15, 0.2) is 0 Å². The zero-order chi connectivity index (χ0) is 14.1. The third-order valence-corrected chi connectivity index (χ3v) is 2.22. The average Bonchev–Trinajstić information content (AvgIpc) is 2.34. The maximum Gasteiger partial charge on any atom is 0.248 e. The molecule has 0 radical (unpaired) electrons. The van der Waals surface area contributed by atoms with Crippen LogP contribution in [0, 0.1) is 11.3 Å². The van der Waals surface area contributed by atoms with Gasteiger partial charge in [0.25, 0.3) is 0 Å². The van der Waals surface area contributed by atoms with Crippen LogP contribution in [0.15, 0.2) is 35.9 Å². The third kappa shape index (κ3) is 6.27. The number of unbranched alkanes of at least 4 members (excludes halogenated alkanes) is 1. The minimum Gasteiger partial charge on any atom is -0.493 e.